The van der Waals surface area contributed by atoms with Crippen molar-refractivity contribution in [1.82, 2.24) is 4.98 Å². The first-order chi connectivity index (χ1) is 10.1. The Morgan fingerprint density at radius 3 is 2.81 bits per heavy atom. The molecule has 2 rings (SSSR count). The van der Waals surface area contributed by atoms with Crippen LogP contribution in [-0.4, -0.2) is 25.0 Å². The van der Waals surface area contributed by atoms with Gasteiger partial charge < -0.3 is 16.0 Å². The van der Waals surface area contributed by atoms with Gasteiger partial charge in [0, 0.05) is 32.4 Å². The van der Waals surface area contributed by atoms with E-state index in [1.54, 1.807) is 12.3 Å². The van der Waals surface area contributed by atoms with Gasteiger partial charge in [-0.2, -0.15) is 0 Å². The van der Waals surface area contributed by atoms with Gasteiger partial charge in [-0.25, -0.2) is 4.98 Å². The normalized spacial score (nSPS) is 10.2. The first-order valence-corrected chi connectivity index (χ1v) is 6.83. The van der Waals surface area contributed by atoms with Crippen LogP contribution in [0.4, 0.5) is 17.2 Å². The Bertz CT molecular complexity index is 625. The van der Waals surface area contributed by atoms with E-state index in [-0.39, 0.29) is 5.91 Å². The zero-order valence-corrected chi connectivity index (χ0v) is 12.3. The van der Waals surface area contributed by atoms with Crippen LogP contribution in [0.1, 0.15) is 12.0 Å². The van der Waals surface area contributed by atoms with E-state index >= 15 is 0 Å². The number of carbonyl (C=O) groups is 1. The van der Waals surface area contributed by atoms with Gasteiger partial charge in [-0.15, -0.1) is 0 Å². The maximum atomic E-state index is 12.1. The number of nitrogen functional groups attached to an aromatic ring is 1. The SMILES string of the molecule is CN(C)c1ncccc1NC(=O)CCc1cccc(N)c1. The van der Waals surface area contributed by atoms with Gasteiger partial charge in [0.25, 0.3) is 0 Å². The number of aromatic nitrogens is 1. The van der Waals surface area contributed by atoms with E-state index in [0.717, 1.165) is 22.8 Å². The summed E-state index contributed by atoms with van der Waals surface area (Å²) in [6.07, 6.45) is 2.78. The molecule has 3 N–H and O–H groups in total. The molecular weight excluding hydrogens is 264 g/mol. The fraction of sp³-hybridized carbons (Fsp3) is 0.250. The van der Waals surface area contributed by atoms with Gasteiger partial charge in [0.2, 0.25) is 5.91 Å². The number of aryl methyl sites for hydroxylation is 1. The third-order valence-corrected chi connectivity index (χ3v) is 3.08. The fourth-order valence-electron chi connectivity index (χ4n) is 2.07. The molecule has 1 heterocycles. The highest BCUT2D eigenvalue weighted by molar-refractivity contribution is 5.93. The molecule has 110 valence electrons. The Kier molecular flexibility index (Phi) is 4.77. The summed E-state index contributed by atoms with van der Waals surface area (Å²) in [5, 5.41) is 2.90. The summed E-state index contributed by atoms with van der Waals surface area (Å²) in [4.78, 5) is 18.2. The zero-order valence-electron chi connectivity index (χ0n) is 12.3. The minimum Gasteiger partial charge on any atom is -0.399 e. The topological polar surface area (TPSA) is 71.2 Å². The summed E-state index contributed by atoms with van der Waals surface area (Å²) < 4.78 is 0. The van der Waals surface area contributed by atoms with Crippen molar-refractivity contribution in [3.8, 4) is 0 Å². The van der Waals surface area contributed by atoms with Crippen LogP contribution in [-0.2, 0) is 11.2 Å². The Balaban J connectivity index is 1.96. The maximum absolute atomic E-state index is 12.1. The second-order valence-electron chi connectivity index (χ2n) is 5.06. The van der Waals surface area contributed by atoms with E-state index in [1.807, 2.05) is 49.3 Å². The van der Waals surface area contributed by atoms with Crippen LogP contribution in [0.2, 0.25) is 0 Å². The van der Waals surface area contributed by atoms with Crippen LogP contribution >= 0.6 is 0 Å². The molecule has 0 fully saturated rings. The molecule has 0 aliphatic carbocycles. The first-order valence-electron chi connectivity index (χ1n) is 6.83. The molecule has 21 heavy (non-hydrogen) atoms. The van der Waals surface area contributed by atoms with E-state index in [2.05, 4.69) is 10.3 Å². The van der Waals surface area contributed by atoms with Crippen molar-refractivity contribution in [3.05, 3.63) is 48.2 Å². The Hall–Kier alpha value is -2.56. The van der Waals surface area contributed by atoms with E-state index in [9.17, 15) is 4.79 Å². The third-order valence-electron chi connectivity index (χ3n) is 3.08. The van der Waals surface area contributed by atoms with Gasteiger partial charge in [-0.3, -0.25) is 4.79 Å². The molecule has 0 saturated heterocycles. The monoisotopic (exact) mass is 284 g/mol. The summed E-state index contributed by atoms with van der Waals surface area (Å²) in [6.45, 7) is 0. The number of anilines is 3. The number of nitrogens with zero attached hydrogens (tertiary/aromatic N) is 2. The second kappa shape index (κ2) is 6.74. The van der Waals surface area contributed by atoms with Gasteiger partial charge in [0.1, 0.15) is 0 Å². The Labute approximate surface area is 124 Å². The molecule has 1 amide bonds. The van der Waals surface area contributed by atoms with Crippen LogP contribution in [0.5, 0.6) is 0 Å². The Morgan fingerprint density at radius 2 is 2.10 bits per heavy atom. The standard InChI is InChI=1S/C16H20N4O/c1-20(2)16-14(7-4-10-18-16)19-15(21)9-8-12-5-3-6-13(17)11-12/h3-7,10-11H,8-9,17H2,1-2H3,(H,19,21). The summed E-state index contributed by atoms with van der Waals surface area (Å²) in [7, 11) is 3.79. The second-order valence-corrected chi connectivity index (χ2v) is 5.06. The van der Waals surface area contributed by atoms with Crippen molar-refractivity contribution in [2.75, 3.05) is 30.0 Å². The van der Waals surface area contributed by atoms with Crippen molar-refractivity contribution in [2.45, 2.75) is 12.8 Å². The molecular formula is C16H20N4O. The summed E-state index contributed by atoms with van der Waals surface area (Å²) in [5.74, 6) is 0.711. The highest BCUT2D eigenvalue weighted by Gasteiger charge is 2.09. The van der Waals surface area contributed by atoms with Crippen molar-refractivity contribution in [2.24, 2.45) is 0 Å². The van der Waals surface area contributed by atoms with Crippen molar-refractivity contribution in [1.29, 1.82) is 0 Å². The molecule has 5 heteroatoms. The molecule has 0 aliphatic rings. The third kappa shape index (κ3) is 4.21. The van der Waals surface area contributed by atoms with E-state index in [4.69, 9.17) is 5.73 Å². The Morgan fingerprint density at radius 1 is 1.29 bits per heavy atom. The van der Waals surface area contributed by atoms with Crippen LogP contribution in [0.3, 0.4) is 0 Å². The number of hydrogen-bond acceptors (Lipinski definition) is 4. The van der Waals surface area contributed by atoms with Gasteiger partial charge in [0.05, 0.1) is 5.69 Å². The molecule has 0 saturated carbocycles. The number of amides is 1. The lowest BCUT2D eigenvalue weighted by atomic mass is 10.1. The average Bonchev–Trinajstić information content (AvgIpc) is 2.45. The first kappa shape index (κ1) is 14.8. The zero-order chi connectivity index (χ0) is 15.2. The van der Waals surface area contributed by atoms with E-state index < -0.39 is 0 Å². The van der Waals surface area contributed by atoms with Crippen molar-refractivity contribution >= 4 is 23.1 Å². The van der Waals surface area contributed by atoms with Crippen molar-refractivity contribution in [3.63, 3.8) is 0 Å². The number of pyridine rings is 1. The van der Waals surface area contributed by atoms with Gasteiger partial charge in [-0.1, -0.05) is 12.1 Å². The van der Waals surface area contributed by atoms with E-state index in [1.165, 1.54) is 0 Å². The summed E-state index contributed by atoms with van der Waals surface area (Å²) >= 11 is 0. The van der Waals surface area contributed by atoms with Crippen LogP contribution in [0, 0.1) is 0 Å². The minimum atomic E-state index is -0.0338. The highest BCUT2D eigenvalue weighted by Crippen LogP contribution is 2.20. The lowest BCUT2D eigenvalue weighted by molar-refractivity contribution is -0.116. The average molecular weight is 284 g/mol. The predicted molar refractivity (Wildman–Crippen MR) is 86.4 cm³/mol. The minimum absolute atomic E-state index is 0.0338. The number of hydrogen-bond donors (Lipinski definition) is 2. The molecule has 0 atom stereocenters. The largest absolute Gasteiger partial charge is 0.399 e. The molecule has 1 aromatic heterocycles. The van der Waals surface area contributed by atoms with Gasteiger partial charge in [-0.05, 0) is 36.2 Å². The van der Waals surface area contributed by atoms with Crippen molar-refractivity contribution < 1.29 is 4.79 Å². The summed E-state index contributed by atoms with van der Waals surface area (Å²) in [5.41, 5.74) is 8.23. The predicted octanol–water partition coefficient (Wildman–Crippen LogP) is 2.30. The van der Waals surface area contributed by atoms with E-state index in [0.29, 0.717) is 12.8 Å². The molecule has 2 aromatic rings. The number of rotatable bonds is 5. The van der Waals surface area contributed by atoms with Crippen LogP contribution < -0.4 is 16.0 Å². The molecule has 1 aromatic carbocycles. The quantitative estimate of drug-likeness (QED) is 0.826. The molecule has 5 nitrogen and oxygen atoms in total. The van der Waals surface area contributed by atoms with Gasteiger partial charge >= 0.3 is 0 Å². The highest BCUT2D eigenvalue weighted by atomic mass is 16.1. The smallest absolute Gasteiger partial charge is 0.224 e. The lowest BCUT2D eigenvalue weighted by Gasteiger charge is -2.16. The lowest BCUT2D eigenvalue weighted by Crippen LogP contribution is -2.18. The summed E-state index contributed by atoms with van der Waals surface area (Å²) in [6, 6.07) is 11.2. The number of benzene rings is 1. The van der Waals surface area contributed by atoms with Crippen LogP contribution in [0.15, 0.2) is 42.6 Å². The maximum Gasteiger partial charge on any atom is 0.224 e. The molecule has 0 aliphatic heterocycles. The molecule has 0 spiro atoms. The van der Waals surface area contributed by atoms with Crippen LogP contribution in [0.25, 0.3) is 0 Å². The molecule has 0 bridgehead atoms. The molecule has 0 unspecified atom stereocenters. The number of nitrogens with one attached hydrogen (secondary N) is 1. The number of carbonyl (C=O) groups excluding carboxylic acids is 1. The number of nitrogens with two attached hydrogens (primary N) is 1. The van der Waals surface area contributed by atoms with Gasteiger partial charge in [0.15, 0.2) is 5.82 Å². The molecule has 0 radical (unpaired) electrons. The fourth-order valence-corrected chi connectivity index (χ4v) is 2.07.